The van der Waals surface area contributed by atoms with Crippen molar-refractivity contribution in [3.63, 3.8) is 0 Å². The van der Waals surface area contributed by atoms with Crippen LogP contribution in [-0.2, 0) is 13.1 Å². The summed E-state index contributed by atoms with van der Waals surface area (Å²) in [6.07, 6.45) is 8.84. The van der Waals surface area contributed by atoms with E-state index in [1.165, 1.54) is 49.7 Å². The molecule has 1 aromatic rings. The molecular weight excluding hydrogens is 270 g/mol. The molecule has 4 aliphatic carbocycles. The third kappa shape index (κ3) is 1.86. The van der Waals surface area contributed by atoms with Crippen molar-refractivity contribution in [1.29, 1.82) is 0 Å². The van der Waals surface area contributed by atoms with Gasteiger partial charge in [-0.25, -0.2) is 0 Å². The number of hydrogen-bond acceptors (Lipinski definition) is 2. The van der Waals surface area contributed by atoms with E-state index in [-0.39, 0.29) is 5.78 Å². The molecule has 4 fully saturated rings. The molecule has 0 N–H and O–H groups in total. The monoisotopic (exact) mass is 295 g/mol. The number of Topliss-reactive ketones (excluding diaryl/α,β-unsaturated/α-hetero) is 1. The predicted molar refractivity (Wildman–Crippen MR) is 86.6 cm³/mol. The van der Waals surface area contributed by atoms with Crippen LogP contribution in [0.2, 0.25) is 0 Å². The molecule has 6 rings (SSSR count). The molecule has 0 aromatic heterocycles. The van der Waals surface area contributed by atoms with Gasteiger partial charge < -0.3 is 0 Å². The molecule has 4 saturated carbocycles. The van der Waals surface area contributed by atoms with Crippen LogP contribution in [0.1, 0.15) is 66.9 Å². The highest BCUT2D eigenvalue weighted by atomic mass is 16.1. The lowest BCUT2D eigenvalue weighted by Crippen LogP contribution is -2.58. The minimum atomic E-state index is 0.191. The van der Waals surface area contributed by atoms with Crippen molar-refractivity contribution in [2.75, 3.05) is 0 Å². The van der Waals surface area contributed by atoms with E-state index in [0.29, 0.717) is 5.54 Å². The normalized spacial score (nSPS) is 39.2. The van der Waals surface area contributed by atoms with Gasteiger partial charge in [-0.1, -0.05) is 12.1 Å². The molecule has 0 radical (unpaired) electrons. The first kappa shape index (κ1) is 13.3. The second kappa shape index (κ2) is 4.44. The van der Waals surface area contributed by atoms with E-state index in [0.717, 1.165) is 36.4 Å². The summed E-state index contributed by atoms with van der Waals surface area (Å²) in [6, 6.07) is 6.37. The van der Waals surface area contributed by atoms with Crippen LogP contribution >= 0.6 is 0 Å². The molecule has 22 heavy (non-hydrogen) atoms. The largest absolute Gasteiger partial charge is 0.295 e. The number of ketones is 1. The SMILES string of the molecule is CC(=O)c1ccc2c(c1)CN(C13CC4CC(CC(C4)C1)C3)C2. The van der Waals surface area contributed by atoms with Crippen molar-refractivity contribution >= 4 is 5.78 Å². The van der Waals surface area contributed by atoms with Crippen molar-refractivity contribution in [3.8, 4) is 0 Å². The number of hydrogen-bond donors (Lipinski definition) is 0. The molecule has 0 saturated heterocycles. The van der Waals surface area contributed by atoms with Crippen LogP contribution in [0, 0.1) is 17.8 Å². The van der Waals surface area contributed by atoms with Crippen LogP contribution in [0.4, 0.5) is 0 Å². The van der Waals surface area contributed by atoms with Crippen molar-refractivity contribution in [2.24, 2.45) is 17.8 Å². The van der Waals surface area contributed by atoms with Crippen molar-refractivity contribution < 1.29 is 4.79 Å². The second-order valence-electron chi connectivity index (χ2n) is 8.54. The zero-order valence-electron chi connectivity index (χ0n) is 13.5. The zero-order valence-corrected chi connectivity index (χ0v) is 13.5. The summed E-state index contributed by atoms with van der Waals surface area (Å²) in [7, 11) is 0. The Balaban J connectivity index is 1.45. The molecule has 0 spiro atoms. The average molecular weight is 295 g/mol. The lowest BCUT2D eigenvalue weighted by atomic mass is 9.52. The second-order valence-corrected chi connectivity index (χ2v) is 8.54. The highest BCUT2D eigenvalue weighted by molar-refractivity contribution is 5.94. The molecule has 5 aliphatic rings. The van der Waals surface area contributed by atoms with Gasteiger partial charge in [0.2, 0.25) is 0 Å². The molecule has 1 heterocycles. The Hall–Kier alpha value is -1.15. The van der Waals surface area contributed by atoms with Gasteiger partial charge in [0, 0.05) is 24.2 Å². The lowest BCUT2D eigenvalue weighted by molar-refractivity contribution is -0.0915. The molecule has 0 unspecified atom stereocenters. The van der Waals surface area contributed by atoms with E-state index in [9.17, 15) is 4.79 Å². The summed E-state index contributed by atoms with van der Waals surface area (Å²) in [4.78, 5) is 14.4. The first-order chi connectivity index (χ1) is 10.6. The Labute approximate surface area is 132 Å². The van der Waals surface area contributed by atoms with Gasteiger partial charge in [0.25, 0.3) is 0 Å². The maximum absolute atomic E-state index is 11.6. The van der Waals surface area contributed by atoms with Crippen LogP contribution in [0.3, 0.4) is 0 Å². The van der Waals surface area contributed by atoms with Gasteiger partial charge in [0.15, 0.2) is 5.78 Å². The van der Waals surface area contributed by atoms with Gasteiger partial charge >= 0.3 is 0 Å². The predicted octanol–water partition coefficient (Wildman–Crippen LogP) is 4.17. The molecular formula is C20H25NO. The maximum Gasteiger partial charge on any atom is 0.159 e. The van der Waals surface area contributed by atoms with E-state index < -0.39 is 0 Å². The molecule has 2 nitrogen and oxygen atoms in total. The van der Waals surface area contributed by atoms with Gasteiger partial charge in [-0.2, -0.15) is 0 Å². The maximum atomic E-state index is 11.6. The Bertz CT molecular complexity index is 612. The van der Waals surface area contributed by atoms with Gasteiger partial charge in [-0.05, 0) is 80.4 Å². The minimum absolute atomic E-state index is 0.191. The van der Waals surface area contributed by atoms with Crippen LogP contribution in [0.5, 0.6) is 0 Å². The molecule has 1 aliphatic heterocycles. The Morgan fingerprint density at radius 1 is 1.00 bits per heavy atom. The third-order valence-electron chi connectivity index (χ3n) is 7.01. The van der Waals surface area contributed by atoms with E-state index in [1.54, 1.807) is 6.92 Å². The van der Waals surface area contributed by atoms with Crippen LogP contribution < -0.4 is 0 Å². The molecule has 2 heteroatoms. The number of carbonyl (C=O) groups is 1. The highest BCUT2D eigenvalue weighted by Gasteiger charge is 2.54. The number of fused-ring (bicyclic) bond motifs is 1. The van der Waals surface area contributed by atoms with E-state index >= 15 is 0 Å². The van der Waals surface area contributed by atoms with Gasteiger partial charge in [0.05, 0.1) is 0 Å². The molecule has 1 aromatic carbocycles. The summed E-state index contributed by atoms with van der Waals surface area (Å²) < 4.78 is 0. The topological polar surface area (TPSA) is 20.3 Å². The smallest absolute Gasteiger partial charge is 0.159 e. The molecule has 0 atom stereocenters. The first-order valence-corrected chi connectivity index (χ1v) is 8.99. The Morgan fingerprint density at radius 2 is 1.59 bits per heavy atom. The van der Waals surface area contributed by atoms with E-state index in [4.69, 9.17) is 0 Å². The number of nitrogens with zero attached hydrogens (tertiary/aromatic N) is 1. The summed E-state index contributed by atoms with van der Waals surface area (Å²) in [5.74, 6) is 3.20. The Kier molecular flexibility index (Phi) is 2.69. The summed E-state index contributed by atoms with van der Waals surface area (Å²) in [5.41, 5.74) is 4.24. The molecule has 0 amide bonds. The summed E-state index contributed by atoms with van der Waals surface area (Å²) in [5, 5.41) is 0. The quantitative estimate of drug-likeness (QED) is 0.763. The lowest BCUT2D eigenvalue weighted by Gasteiger charge is -2.60. The fraction of sp³-hybridized carbons (Fsp3) is 0.650. The third-order valence-corrected chi connectivity index (χ3v) is 7.01. The van der Waals surface area contributed by atoms with Crippen LogP contribution in [0.25, 0.3) is 0 Å². The van der Waals surface area contributed by atoms with Crippen molar-refractivity contribution in [3.05, 3.63) is 34.9 Å². The van der Waals surface area contributed by atoms with Crippen LogP contribution in [0.15, 0.2) is 18.2 Å². The summed E-state index contributed by atoms with van der Waals surface area (Å²) in [6.45, 7) is 3.86. The first-order valence-electron chi connectivity index (χ1n) is 8.99. The van der Waals surface area contributed by atoms with E-state index in [2.05, 4.69) is 17.0 Å². The van der Waals surface area contributed by atoms with Gasteiger partial charge in [-0.15, -0.1) is 0 Å². The Morgan fingerprint density at radius 3 is 2.18 bits per heavy atom. The fourth-order valence-electron chi connectivity index (χ4n) is 6.40. The fourth-order valence-corrected chi connectivity index (χ4v) is 6.40. The zero-order chi connectivity index (χ0) is 14.9. The highest BCUT2D eigenvalue weighted by Crippen LogP contribution is 2.58. The van der Waals surface area contributed by atoms with E-state index in [1.807, 2.05) is 6.07 Å². The standard InChI is InChI=1S/C20H25NO/c1-13(22)17-2-3-18-11-21(12-19(18)7-17)20-8-14-4-15(9-20)6-16(5-14)10-20/h2-3,7,14-16H,4-6,8-12H2,1H3. The van der Waals surface area contributed by atoms with Crippen molar-refractivity contribution in [2.45, 2.75) is 64.1 Å². The minimum Gasteiger partial charge on any atom is -0.295 e. The number of benzene rings is 1. The number of carbonyl (C=O) groups excluding carboxylic acids is 1. The van der Waals surface area contributed by atoms with Crippen molar-refractivity contribution in [1.82, 2.24) is 4.90 Å². The van der Waals surface area contributed by atoms with Gasteiger partial charge in [0.1, 0.15) is 0 Å². The molecule has 116 valence electrons. The number of rotatable bonds is 2. The molecule has 4 bridgehead atoms. The van der Waals surface area contributed by atoms with Gasteiger partial charge in [-0.3, -0.25) is 9.69 Å². The van der Waals surface area contributed by atoms with Crippen LogP contribution in [-0.4, -0.2) is 16.2 Å². The average Bonchev–Trinajstić information content (AvgIpc) is 2.89. The summed E-state index contributed by atoms with van der Waals surface area (Å²) >= 11 is 0.